The number of nitrogens with zero attached hydrogens (tertiary/aromatic N) is 8. The Labute approximate surface area is 311 Å². The molecule has 49 heavy (non-hydrogen) atoms. The summed E-state index contributed by atoms with van der Waals surface area (Å²) in [6, 6.07) is 8.56. The number of halogens is 7. The van der Waals surface area contributed by atoms with Gasteiger partial charge < -0.3 is 30.8 Å². The average molecular weight is 860 g/mol. The third-order valence-electron chi connectivity index (χ3n) is 5.97. The van der Waals surface area contributed by atoms with Crippen molar-refractivity contribution in [2.45, 2.75) is 13.1 Å². The molecule has 4 aromatic heterocycles. The summed E-state index contributed by atoms with van der Waals surface area (Å²) in [6.45, 7) is 2.97. The molecule has 6 rings (SSSR count). The van der Waals surface area contributed by atoms with Crippen molar-refractivity contribution in [3.05, 3.63) is 122 Å². The molecule has 0 aliphatic carbocycles. The van der Waals surface area contributed by atoms with Crippen LogP contribution < -0.4 is 21.7 Å². The third-order valence-corrected chi connectivity index (χ3v) is 8.22. The molecule has 2 aromatic carbocycles. The summed E-state index contributed by atoms with van der Waals surface area (Å²) in [7, 11) is 0. The zero-order valence-corrected chi connectivity index (χ0v) is 30.7. The zero-order chi connectivity index (χ0) is 35.2. The van der Waals surface area contributed by atoms with E-state index in [0.29, 0.717) is 46.7 Å². The first-order valence-electron chi connectivity index (χ1n) is 14.1. The van der Waals surface area contributed by atoms with E-state index in [1.807, 2.05) is 21.5 Å². The predicted octanol–water partition coefficient (Wildman–Crippen LogP) is 8.35. The Morgan fingerprint density at radius 3 is 1.76 bits per heavy atom. The van der Waals surface area contributed by atoms with E-state index < -0.39 is 11.6 Å². The molecule has 0 radical (unpaired) electrons. The van der Waals surface area contributed by atoms with E-state index in [2.05, 4.69) is 77.7 Å². The van der Waals surface area contributed by atoms with Crippen LogP contribution >= 0.6 is 66.7 Å². The van der Waals surface area contributed by atoms with Crippen LogP contribution in [0.3, 0.4) is 0 Å². The molecule has 19 heteroatoms. The Hall–Kier alpha value is -3.93. The Morgan fingerprint density at radius 2 is 1.27 bits per heavy atom. The number of aromatic nitrogens is 8. The lowest BCUT2D eigenvalue weighted by Crippen LogP contribution is -2.11. The van der Waals surface area contributed by atoms with Gasteiger partial charge in [-0.1, -0.05) is 34.8 Å². The molecular weight excluding hydrogens is 833 g/mol. The van der Waals surface area contributed by atoms with E-state index in [4.69, 9.17) is 40.5 Å². The lowest BCUT2D eigenvalue weighted by atomic mass is 10.3. The first kappa shape index (κ1) is 37.9. The van der Waals surface area contributed by atoms with Crippen LogP contribution in [-0.2, 0) is 13.1 Å². The van der Waals surface area contributed by atoms with Gasteiger partial charge in [0.2, 0.25) is 11.9 Å². The van der Waals surface area contributed by atoms with Crippen molar-refractivity contribution in [1.29, 1.82) is 0 Å². The molecule has 0 fully saturated rings. The smallest absolute Gasteiger partial charge is 0.229 e. The summed E-state index contributed by atoms with van der Waals surface area (Å²) in [4.78, 5) is 24.4. The van der Waals surface area contributed by atoms with Crippen molar-refractivity contribution in [2.75, 3.05) is 29.0 Å². The second-order valence-electron chi connectivity index (χ2n) is 9.55. The lowest BCUT2D eigenvalue weighted by molar-refractivity contribution is 0.628. The zero-order valence-electron chi connectivity index (χ0n) is 25.2. The molecule has 0 aliphatic rings. The summed E-state index contributed by atoms with van der Waals surface area (Å²) in [6.07, 6.45) is 13.9. The molecule has 0 unspecified atom stereocenters. The molecule has 6 aromatic rings. The molecule has 0 aliphatic heterocycles. The fourth-order valence-corrected chi connectivity index (χ4v) is 4.67. The van der Waals surface area contributed by atoms with Crippen LogP contribution in [0.2, 0.25) is 15.2 Å². The van der Waals surface area contributed by atoms with Crippen molar-refractivity contribution >= 4 is 95.8 Å². The van der Waals surface area contributed by atoms with E-state index in [9.17, 15) is 8.78 Å². The molecule has 0 spiro atoms. The van der Waals surface area contributed by atoms with Crippen molar-refractivity contribution in [1.82, 2.24) is 39.0 Å². The van der Waals surface area contributed by atoms with E-state index in [1.54, 1.807) is 37.3 Å². The van der Waals surface area contributed by atoms with E-state index in [0.717, 1.165) is 17.6 Å². The van der Waals surface area contributed by atoms with Crippen LogP contribution in [0.5, 0.6) is 0 Å². The van der Waals surface area contributed by atoms with E-state index >= 15 is 0 Å². The number of hydrogen-bond acceptors (Lipinski definition) is 10. The monoisotopic (exact) mass is 856 g/mol. The molecular formula is C30H27Br2Cl3F2N12. The highest BCUT2D eigenvalue weighted by Crippen LogP contribution is 2.25. The number of benzene rings is 2. The Kier molecular flexibility index (Phi) is 14.9. The predicted molar refractivity (Wildman–Crippen MR) is 196 cm³/mol. The summed E-state index contributed by atoms with van der Waals surface area (Å²) >= 11 is 23.8. The minimum absolute atomic E-state index is 0.0261. The highest BCUT2D eigenvalue weighted by atomic mass is 79.9. The summed E-state index contributed by atoms with van der Waals surface area (Å²) in [5.74, 6) is 0.389. The van der Waals surface area contributed by atoms with E-state index in [1.165, 1.54) is 36.5 Å². The minimum Gasteiger partial charge on any atom is -0.367 e. The van der Waals surface area contributed by atoms with Crippen LogP contribution in [0.25, 0.3) is 0 Å². The number of anilines is 5. The lowest BCUT2D eigenvalue weighted by Gasteiger charge is -2.11. The molecule has 12 nitrogen and oxygen atoms in total. The maximum atomic E-state index is 13.2. The van der Waals surface area contributed by atoms with Crippen molar-refractivity contribution in [3.8, 4) is 0 Å². The maximum absolute atomic E-state index is 13.2. The summed E-state index contributed by atoms with van der Waals surface area (Å²) in [5, 5.41) is 9.43. The van der Waals surface area contributed by atoms with Crippen molar-refractivity contribution < 1.29 is 8.78 Å². The van der Waals surface area contributed by atoms with Crippen molar-refractivity contribution in [2.24, 2.45) is 5.73 Å². The molecule has 5 N–H and O–H groups in total. The minimum atomic E-state index is -0.480. The largest absolute Gasteiger partial charge is 0.367 e. The summed E-state index contributed by atoms with van der Waals surface area (Å²) < 4.78 is 31.4. The SMILES string of the molecule is Fc1ccc(Nc2ncc(Br)c(Cl)n2)cc1Cl.Fc1ccc(Nc2ncc(Br)c(NCCn3ccnc3)n2)cc1Cl.NCCn1ccnc1. The van der Waals surface area contributed by atoms with Gasteiger partial charge in [-0.3, -0.25) is 0 Å². The molecule has 0 amide bonds. The number of hydrogen-bond donors (Lipinski definition) is 4. The highest BCUT2D eigenvalue weighted by molar-refractivity contribution is 9.11. The van der Waals surface area contributed by atoms with Gasteiger partial charge >= 0.3 is 0 Å². The number of imidazole rings is 2. The first-order valence-corrected chi connectivity index (χ1v) is 16.8. The fraction of sp³-hybridized carbons (Fsp3) is 0.133. The van der Waals surface area contributed by atoms with Crippen molar-refractivity contribution in [3.63, 3.8) is 0 Å². The quantitative estimate of drug-likeness (QED) is 0.0991. The topological polar surface area (TPSA) is 149 Å². The van der Waals surface area contributed by atoms with Crippen LogP contribution in [0.1, 0.15) is 0 Å². The van der Waals surface area contributed by atoms with Gasteiger partial charge in [-0.2, -0.15) is 9.97 Å². The third kappa shape index (κ3) is 12.5. The van der Waals surface area contributed by atoms with E-state index in [-0.39, 0.29) is 15.2 Å². The second-order valence-corrected chi connectivity index (χ2v) is 12.4. The molecule has 0 bridgehead atoms. The highest BCUT2D eigenvalue weighted by Gasteiger charge is 2.08. The second kappa shape index (κ2) is 19.3. The van der Waals surface area contributed by atoms with Gasteiger partial charge in [0.05, 0.1) is 31.6 Å². The molecule has 4 heterocycles. The number of rotatable bonds is 10. The maximum Gasteiger partial charge on any atom is 0.229 e. The normalized spacial score (nSPS) is 10.4. The van der Waals surface area contributed by atoms with Crippen LogP contribution in [-0.4, -0.2) is 52.1 Å². The average Bonchev–Trinajstić information content (AvgIpc) is 3.80. The first-order chi connectivity index (χ1) is 23.6. The Morgan fingerprint density at radius 1 is 0.735 bits per heavy atom. The van der Waals surface area contributed by atoms with Gasteiger partial charge in [-0.25, -0.2) is 28.7 Å². The molecule has 256 valence electrons. The van der Waals surface area contributed by atoms with Crippen LogP contribution in [0.4, 0.5) is 37.9 Å². The van der Waals surface area contributed by atoms with Gasteiger partial charge in [0.25, 0.3) is 0 Å². The standard InChI is InChI=1S/C15H13BrClFN6.C10H5BrCl2FN3.C5H9N3/c16-11-8-21-15(22-10-1-2-13(18)12(17)7-10)23-14(11)20-4-6-24-5-3-19-9-24;11-6-4-15-10(17-9(6)13)16-5-1-2-8(14)7(12)3-5;6-1-3-8-4-2-7-5-8/h1-3,5,7-9H,4,6H2,(H2,20,21,22,23);1-4H,(H,15,16,17);2,4-5H,1,3,6H2. The Balaban J connectivity index is 0.000000187. The van der Waals surface area contributed by atoms with Crippen LogP contribution in [0, 0.1) is 11.6 Å². The number of nitrogens with one attached hydrogen (secondary N) is 3. The molecule has 0 saturated heterocycles. The molecule has 0 atom stereocenters. The molecule has 0 saturated carbocycles. The fourth-order valence-electron chi connectivity index (χ4n) is 3.65. The van der Waals surface area contributed by atoms with Gasteiger partial charge in [-0.15, -0.1) is 0 Å². The van der Waals surface area contributed by atoms with Gasteiger partial charge in [0.15, 0.2) is 0 Å². The van der Waals surface area contributed by atoms with Gasteiger partial charge in [0, 0.05) is 74.7 Å². The van der Waals surface area contributed by atoms with Crippen LogP contribution in [0.15, 0.2) is 95.2 Å². The Bertz CT molecular complexity index is 1870. The number of nitrogens with two attached hydrogens (primary N) is 1. The van der Waals surface area contributed by atoms with Gasteiger partial charge in [-0.05, 0) is 68.3 Å². The summed E-state index contributed by atoms with van der Waals surface area (Å²) in [5.41, 5.74) is 6.45. The van der Waals surface area contributed by atoms with Gasteiger partial charge in [0.1, 0.15) is 22.6 Å².